The number of thioether (sulfide) groups is 1. The van der Waals surface area contributed by atoms with Gasteiger partial charge in [-0.25, -0.2) is 0 Å². The third-order valence-electron chi connectivity index (χ3n) is 22.6. The lowest BCUT2D eigenvalue weighted by Gasteiger charge is -2.33. The van der Waals surface area contributed by atoms with Gasteiger partial charge in [-0.05, 0) is 106 Å². The molecule has 5 heterocycles. The molecule has 3 aliphatic rings. The van der Waals surface area contributed by atoms with E-state index in [0.717, 1.165) is 36.3 Å². The van der Waals surface area contributed by atoms with E-state index in [0.29, 0.717) is 44.9 Å². The van der Waals surface area contributed by atoms with Crippen LogP contribution in [-0.4, -0.2) is 331 Å². The van der Waals surface area contributed by atoms with E-state index in [1.54, 1.807) is 67.8 Å². The van der Waals surface area contributed by atoms with Crippen LogP contribution in [0.2, 0.25) is 0 Å². The number of aliphatic hydroxyl groups excluding tert-OH is 3. The van der Waals surface area contributed by atoms with Crippen LogP contribution < -0.4 is 81.4 Å². The quantitative estimate of drug-likeness (QED) is 0.0155. The molecular weight excluding hydrogens is 1700 g/mol. The van der Waals surface area contributed by atoms with Crippen molar-refractivity contribution in [3.05, 3.63) is 102 Å². The Kier molecular flexibility index (Phi) is 38.4. The van der Waals surface area contributed by atoms with Gasteiger partial charge in [0.25, 0.3) is 0 Å². The molecule has 702 valence electrons. The highest BCUT2D eigenvalue weighted by molar-refractivity contribution is 8.00. The van der Waals surface area contributed by atoms with Crippen molar-refractivity contribution in [1.29, 1.82) is 5.41 Å². The van der Waals surface area contributed by atoms with E-state index in [1.807, 2.05) is 0 Å². The third kappa shape index (κ3) is 28.7. The molecule has 3 fully saturated rings. The highest BCUT2D eigenvalue weighted by Gasteiger charge is 2.46. The Bertz CT molecular complexity index is 4860. The first kappa shape index (κ1) is 101. The second kappa shape index (κ2) is 48.8. The number of aromatic amines is 2. The van der Waals surface area contributed by atoms with Gasteiger partial charge in [0, 0.05) is 113 Å². The summed E-state index contributed by atoms with van der Waals surface area (Å²) >= 11 is 0.749. The number of rotatable bonds is 24. The molecule has 3 saturated heterocycles. The summed E-state index contributed by atoms with van der Waals surface area (Å²) in [5.41, 5.74) is 25.4. The summed E-state index contributed by atoms with van der Waals surface area (Å²) in [5, 5.41) is 79.9. The van der Waals surface area contributed by atoms with Crippen LogP contribution in [0.15, 0.2) is 85.2 Å². The lowest BCUT2D eigenvalue weighted by Crippen LogP contribution is -2.61. The van der Waals surface area contributed by atoms with Crippen LogP contribution in [0, 0.1) is 5.41 Å². The first-order chi connectivity index (χ1) is 61.4. The van der Waals surface area contributed by atoms with Crippen molar-refractivity contribution in [2.24, 2.45) is 22.9 Å². The van der Waals surface area contributed by atoms with E-state index >= 15 is 24.0 Å². The van der Waals surface area contributed by atoms with Gasteiger partial charge in [-0.3, -0.25) is 86.9 Å². The number of benzene rings is 3. The fraction of sp³-hybridized carbons (Fsp3) is 0.524. The Morgan fingerprint density at radius 3 is 1.71 bits per heavy atom. The van der Waals surface area contributed by atoms with Gasteiger partial charge in [-0.2, -0.15) is 0 Å². The Labute approximate surface area is 747 Å². The number of phenolic OH excluding ortho intramolecular Hbond substituents is 1. The smallest absolute Gasteiger partial charge is 0.246 e. The van der Waals surface area contributed by atoms with Crippen molar-refractivity contribution in [2.45, 2.75) is 195 Å². The summed E-state index contributed by atoms with van der Waals surface area (Å²) in [4.78, 5) is 257. The average molecular weight is 1820 g/mol. The Morgan fingerprint density at radius 2 is 1.09 bits per heavy atom. The maximum absolute atomic E-state index is 15.3. The number of unbranched alkanes of at least 4 members (excludes halogenated alkanes) is 1. The monoisotopic (exact) mass is 1820 g/mol. The number of aromatic hydroxyl groups is 1. The predicted molar refractivity (Wildman–Crippen MR) is 470 cm³/mol. The van der Waals surface area contributed by atoms with E-state index in [9.17, 15) is 78.0 Å². The van der Waals surface area contributed by atoms with Gasteiger partial charge in [0.05, 0.1) is 38.0 Å². The maximum Gasteiger partial charge on any atom is 0.246 e. The van der Waals surface area contributed by atoms with Gasteiger partial charge < -0.3 is 136 Å². The summed E-state index contributed by atoms with van der Waals surface area (Å²) in [7, 11) is 3.75. The van der Waals surface area contributed by atoms with E-state index in [1.165, 1.54) is 52.3 Å². The van der Waals surface area contributed by atoms with Gasteiger partial charge in [0.1, 0.15) is 84.3 Å². The molecule has 0 aliphatic carbocycles. The summed E-state index contributed by atoms with van der Waals surface area (Å²) in [6, 6.07) is -1.19. The fourth-order valence-corrected chi connectivity index (χ4v) is 16.4. The molecule has 2 aromatic heterocycles. The number of fused-ring (bicyclic) bond motifs is 4. The minimum absolute atomic E-state index is 0.0148. The third-order valence-corrected chi connectivity index (χ3v) is 23.6. The number of primary amides is 2. The van der Waals surface area contributed by atoms with Gasteiger partial charge >= 0.3 is 0 Å². The number of hydrogen-bond donors (Lipinski definition) is 22. The molecule has 17 amide bonds. The van der Waals surface area contributed by atoms with Crippen molar-refractivity contribution in [3.63, 3.8) is 0 Å². The van der Waals surface area contributed by atoms with Crippen LogP contribution >= 0.6 is 11.8 Å². The van der Waals surface area contributed by atoms with Gasteiger partial charge in [-0.1, -0.05) is 68.3 Å². The number of guanidine groups is 1. The van der Waals surface area contributed by atoms with Crippen molar-refractivity contribution in [1.82, 2.24) is 93.0 Å². The van der Waals surface area contributed by atoms with Gasteiger partial charge in [0.15, 0.2) is 5.96 Å². The Morgan fingerprint density at radius 1 is 0.550 bits per heavy atom. The van der Waals surface area contributed by atoms with Crippen LogP contribution in [0.5, 0.6) is 5.75 Å². The molecule has 44 nitrogen and oxygen atoms in total. The number of para-hydroxylation sites is 2. The number of nitrogens with zero attached hydrogens (tertiary/aromatic N) is 5. The Balaban J connectivity index is 1.16. The number of nitrogens with two attached hydrogens (primary N) is 4. The number of likely N-dealkylation sites (N-methyl/N-ethyl adjacent to an activating group) is 3. The molecule has 3 aromatic carbocycles. The van der Waals surface area contributed by atoms with Crippen LogP contribution in [0.1, 0.15) is 108 Å². The zero-order chi connectivity index (χ0) is 94.5. The minimum Gasteiger partial charge on any atom is -0.508 e. The molecule has 0 unspecified atom stereocenters. The second-order valence-electron chi connectivity index (χ2n) is 32.2. The molecule has 0 bridgehead atoms. The topological polar surface area (TPSA) is 679 Å². The standard InChI is InChI=1S/C84H119N23O21S/c1-6-7-21-64-76(121)100-61(36-67(86)112)83(128)106-30-14-22-65(106)77(122)101-62(42-109)75(120)97-57(27-31-108)82(127)107-40-50(111)35-66(107)78(123)98-58(33-47-37-91-53-17-10-8-15-51(47)53)74(119)96-56(19-12-28-85)73(118)99-60(34-48-38-92-54-18-11-9-16-52(48)54)80(125)104(4)45(2)79(124)103(3)41-69(114)94-55(20-13-29-90-84(88)89)72(117)102-63(71(116)93-39-68(87)113)43-129-44-70(115)95-59(81(126)105(64)5)32-46-23-25-49(110)26-24-46/h8-11,15-18,23-26,37-38,45,50,55-66,91-92,108-111H,6-7,12-14,19-22,27-36,39-44,85H2,1-5H3,(H2,86,112)(H2,87,113)(H,93,116)(H,94,114)(H,95,115)(H,96,119)(H,97,120)(H,98,123)(H,99,118)(H,100,121)(H,101,122)(H,102,117)(H4,88,89,90)/t45-,50+,55-,56-,57-,58-,59-,60-,61+,62-,63-,64-,65-,66-/m0/s1. The van der Waals surface area contributed by atoms with E-state index in [-0.39, 0.29) is 96.0 Å². The number of H-pyrrole nitrogens is 2. The molecule has 8 rings (SSSR count). The molecule has 45 heteroatoms. The molecular formula is C84H119N23O21S. The fourth-order valence-electron chi connectivity index (χ4n) is 15.5. The van der Waals surface area contributed by atoms with Crippen molar-refractivity contribution < 1.29 is 102 Å². The normalized spacial score (nSPS) is 24.7. The summed E-state index contributed by atoms with van der Waals surface area (Å²) < 4.78 is 0. The van der Waals surface area contributed by atoms with Crippen LogP contribution in [-0.2, 0) is 101 Å². The summed E-state index contributed by atoms with van der Waals surface area (Å²) in [6.07, 6.45) is -0.395. The molecule has 0 spiro atoms. The lowest BCUT2D eigenvalue weighted by atomic mass is 10.0. The number of carbonyl (C=O) groups excluding carboxylic acids is 17. The molecule has 5 aromatic rings. The first-order valence-electron chi connectivity index (χ1n) is 42.5. The van der Waals surface area contributed by atoms with Gasteiger partial charge in [-0.15, -0.1) is 11.8 Å². The molecule has 0 saturated carbocycles. The molecule has 14 atom stereocenters. The van der Waals surface area contributed by atoms with Gasteiger partial charge in [0.2, 0.25) is 100 Å². The number of hydrogen-bond acceptors (Lipinski definition) is 24. The van der Waals surface area contributed by atoms with Crippen molar-refractivity contribution in [3.8, 4) is 5.75 Å². The second-order valence-corrected chi connectivity index (χ2v) is 33.2. The van der Waals surface area contributed by atoms with Crippen molar-refractivity contribution >= 4 is 140 Å². The lowest BCUT2D eigenvalue weighted by molar-refractivity contribution is -0.146. The van der Waals surface area contributed by atoms with Crippen LogP contribution in [0.4, 0.5) is 0 Å². The summed E-state index contributed by atoms with van der Waals surface area (Å²) in [5.74, 6) is -18.3. The molecule has 129 heavy (non-hydrogen) atoms. The van der Waals surface area contributed by atoms with E-state index in [2.05, 4.69) is 68.5 Å². The predicted octanol–water partition coefficient (Wildman–Crippen LogP) is -6.38. The van der Waals surface area contributed by atoms with E-state index < -0.39 is 255 Å². The van der Waals surface area contributed by atoms with E-state index in [4.69, 9.17) is 28.3 Å². The average Bonchev–Trinajstić information content (AvgIpc) is 1.74. The highest BCUT2D eigenvalue weighted by atomic mass is 32.2. The largest absolute Gasteiger partial charge is 0.508 e. The number of aromatic nitrogens is 2. The maximum atomic E-state index is 15.3. The molecule has 26 N–H and O–H groups in total. The number of phenols is 1. The number of nitrogens with one attached hydrogen (secondary N) is 14. The molecule has 0 radical (unpaired) electrons. The number of aliphatic hydroxyl groups is 3. The first-order valence-corrected chi connectivity index (χ1v) is 43.7. The number of carbonyl (C=O) groups is 17. The number of amides is 17. The highest BCUT2D eigenvalue weighted by Crippen LogP contribution is 2.27. The zero-order valence-electron chi connectivity index (χ0n) is 72.5. The SMILES string of the molecule is CCCC[C@H]1C(=O)N[C@H](CC(N)=O)C(=O)N2CCC[C@H]2C(=O)N[C@@H](CO)C(=O)N[C@@H](CCO)C(=O)N2C[C@H](O)C[C@H]2C(=O)N[C@@H](Cc2c[nH]c3ccccc23)C(=O)N[C@@H](CCCN)C(=O)N[C@@H](Cc2c[nH]c3ccccc23)C(=O)N(C)[C@@H](C)C(=O)N(C)CC(=O)N[C@@H](CCCNC(=N)N)C(=O)N[C@H](C(=O)NCC(N)=O)CSCC(=O)N[C@@H](Cc2ccc(O)cc2)C(=O)N1C. The van der Waals surface area contributed by atoms with Crippen LogP contribution in [0.25, 0.3) is 21.8 Å². The van der Waals surface area contributed by atoms with Crippen molar-refractivity contribution in [2.75, 3.05) is 85.1 Å². The zero-order valence-corrected chi connectivity index (χ0v) is 73.3. The van der Waals surface area contributed by atoms with Crippen LogP contribution in [0.3, 0.4) is 0 Å². The Hall–Kier alpha value is -13.0. The summed E-state index contributed by atoms with van der Waals surface area (Å²) in [6.45, 7) is -1.03. The minimum atomic E-state index is -1.90. The molecule has 3 aliphatic heterocycles.